The number of nitrogens with zero attached hydrogens (tertiary/aromatic N) is 3. The number of pyridine rings is 1. The summed E-state index contributed by atoms with van der Waals surface area (Å²) >= 11 is 6.13. The van der Waals surface area contributed by atoms with Gasteiger partial charge in [-0.15, -0.1) is 0 Å². The minimum atomic E-state index is -3.99. The molecule has 4 aromatic rings. The summed E-state index contributed by atoms with van der Waals surface area (Å²) in [5.41, 5.74) is 1.70. The average molecular weight is 501 g/mol. The van der Waals surface area contributed by atoms with Crippen LogP contribution in [-0.4, -0.2) is 37.6 Å². The number of anilines is 1. The first-order valence-corrected chi connectivity index (χ1v) is 11.9. The zero-order valence-electron chi connectivity index (χ0n) is 18.6. The van der Waals surface area contributed by atoms with Crippen LogP contribution in [0, 0.1) is 6.92 Å². The van der Waals surface area contributed by atoms with Crippen LogP contribution in [0.5, 0.6) is 17.4 Å². The number of methoxy groups -OCH3 is 2. The molecule has 2 aromatic carbocycles. The number of fused-ring (bicyclic) bond motifs is 1. The highest BCUT2D eigenvalue weighted by Crippen LogP contribution is 2.32. The van der Waals surface area contributed by atoms with Crippen LogP contribution >= 0.6 is 11.6 Å². The lowest BCUT2D eigenvalue weighted by Gasteiger charge is -2.15. The van der Waals surface area contributed by atoms with Gasteiger partial charge in [0.1, 0.15) is 18.6 Å². The summed E-state index contributed by atoms with van der Waals surface area (Å²) < 4.78 is 45.4. The lowest BCUT2D eigenvalue weighted by Crippen LogP contribution is -2.16. The van der Waals surface area contributed by atoms with E-state index in [2.05, 4.69) is 19.7 Å². The molecule has 0 saturated carbocycles. The van der Waals surface area contributed by atoms with Crippen LogP contribution in [0.3, 0.4) is 0 Å². The number of hydrogen-bond donors (Lipinski definition) is 1. The molecule has 11 heteroatoms. The molecule has 0 aliphatic heterocycles. The molecule has 34 heavy (non-hydrogen) atoms. The Balaban J connectivity index is 1.70. The molecule has 0 radical (unpaired) electrons. The molecule has 9 nitrogen and oxygen atoms in total. The fourth-order valence-electron chi connectivity index (χ4n) is 3.29. The molecule has 2 heterocycles. The van der Waals surface area contributed by atoms with Gasteiger partial charge in [0.2, 0.25) is 5.88 Å². The SMILES string of the molecule is COc1ccc(COc2nc3ncncc3cc2NS(=O)(=O)c2cccc(Cl)c2C)cc1OC. The Bertz CT molecular complexity index is 1460. The van der Waals surface area contributed by atoms with Crippen molar-refractivity contribution in [3.05, 3.63) is 71.1 Å². The van der Waals surface area contributed by atoms with Crippen molar-refractivity contribution in [2.75, 3.05) is 18.9 Å². The summed E-state index contributed by atoms with van der Waals surface area (Å²) in [4.78, 5) is 12.6. The van der Waals surface area contributed by atoms with Crippen LogP contribution < -0.4 is 18.9 Å². The number of halogens is 1. The summed E-state index contributed by atoms with van der Waals surface area (Å²) in [6.45, 7) is 1.73. The topological polar surface area (TPSA) is 113 Å². The Morgan fingerprint density at radius 2 is 1.85 bits per heavy atom. The zero-order valence-corrected chi connectivity index (χ0v) is 20.1. The van der Waals surface area contributed by atoms with E-state index in [1.165, 1.54) is 25.7 Å². The Kier molecular flexibility index (Phi) is 6.71. The first kappa shape index (κ1) is 23.5. The zero-order chi connectivity index (χ0) is 24.3. The van der Waals surface area contributed by atoms with Crippen LogP contribution in [0.4, 0.5) is 5.69 Å². The Labute approximate surface area is 201 Å². The predicted molar refractivity (Wildman–Crippen MR) is 128 cm³/mol. The molecule has 176 valence electrons. The van der Waals surface area contributed by atoms with Crippen LogP contribution in [0.2, 0.25) is 5.02 Å². The van der Waals surface area contributed by atoms with Gasteiger partial charge in [-0.3, -0.25) is 4.72 Å². The van der Waals surface area contributed by atoms with E-state index in [9.17, 15) is 8.42 Å². The van der Waals surface area contributed by atoms with Crippen LogP contribution in [0.15, 0.2) is 59.9 Å². The largest absolute Gasteiger partial charge is 0.493 e. The number of nitrogens with one attached hydrogen (secondary N) is 1. The van der Waals surface area contributed by atoms with Crippen molar-refractivity contribution in [2.24, 2.45) is 0 Å². The molecular weight excluding hydrogens is 480 g/mol. The highest BCUT2D eigenvalue weighted by Gasteiger charge is 2.21. The standard InChI is InChI=1S/C23H21ClN4O5S/c1-14-17(24)5-4-6-21(14)34(29,30)28-18-10-16-11-25-13-26-22(16)27-23(18)33-12-15-7-8-19(31-2)20(9-15)32-3/h4-11,13,28H,12H2,1-3H3. The van der Waals surface area contributed by atoms with Crippen molar-refractivity contribution in [1.82, 2.24) is 15.0 Å². The average Bonchev–Trinajstić information content (AvgIpc) is 2.83. The number of hydrogen-bond acceptors (Lipinski definition) is 8. The van der Waals surface area contributed by atoms with E-state index < -0.39 is 10.0 Å². The molecule has 0 unspecified atom stereocenters. The van der Waals surface area contributed by atoms with Gasteiger partial charge in [0.15, 0.2) is 17.1 Å². The molecule has 2 aromatic heterocycles. The highest BCUT2D eigenvalue weighted by molar-refractivity contribution is 7.92. The van der Waals surface area contributed by atoms with Gasteiger partial charge >= 0.3 is 0 Å². The normalized spacial score (nSPS) is 11.3. The minimum absolute atomic E-state index is 0.0512. The lowest BCUT2D eigenvalue weighted by molar-refractivity contribution is 0.294. The van der Waals surface area contributed by atoms with Crippen LogP contribution in [0.25, 0.3) is 11.0 Å². The molecule has 0 saturated heterocycles. The Morgan fingerprint density at radius 3 is 2.62 bits per heavy atom. The van der Waals surface area contributed by atoms with E-state index in [1.54, 1.807) is 44.4 Å². The van der Waals surface area contributed by atoms with Crippen molar-refractivity contribution < 1.29 is 22.6 Å². The quantitative estimate of drug-likeness (QED) is 0.379. The molecule has 0 amide bonds. The van der Waals surface area contributed by atoms with Gasteiger partial charge in [-0.05, 0) is 48.4 Å². The van der Waals surface area contributed by atoms with E-state index in [1.807, 2.05) is 6.07 Å². The molecule has 0 aliphatic carbocycles. The van der Waals surface area contributed by atoms with Gasteiger partial charge in [0.25, 0.3) is 10.0 Å². The van der Waals surface area contributed by atoms with E-state index in [0.717, 1.165) is 5.56 Å². The summed E-state index contributed by atoms with van der Waals surface area (Å²) in [5, 5.41) is 0.888. The van der Waals surface area contributed by atoms with Gasteiger partial charge in [-0.1, -0.05) is 23.7 Å². The summed E-state index contributed by atoms with van der Waals surface area (Å²) in [7, 11) is -0.902. The highest BCUT2D eigenvalue weighted by atomic mass is 35.5. The van der Waals surface area contributed by atoms with Gasteiger partial charge in [-0.25, -0.2) is 18.4 Å². The lowest BCUT2D eigenvalue weighted by atomic mass is 10.2. The van der Waals surface area contributed by atoms with Crippen molar-refractivity contribution in [3.8, 4) is 17.4 Å². The van der Waals surface area contributed by atoms with E-state index in [0.29, 0.717) is 33.1 Å². The van der Waals surface area contributed by atoms with Gasteiger partial charge in [-0.2, -0.15) is 4.98 Å². The number of aromatic nitrogens is 3. The van der Waals surface area contributed by atoms with Crippen molar-refractivity contribution >= 4 is 38.3 Å². The number of rotatable bonds is 8. The summed E-state index contributed by atoms with van der Waals surface area (Å²) in [6, 6.07) is 11.6. The Hall–Kier alpha value is -3.63. The Morgan fingerprint density at radius 1 is 1.06 bits per heavy atom. The third-order valence-corrected chi connectivity index (χ3v) is 6.95. The number of benzene rings is 2. The third kappa shape index (κ3) is 4.82. The molecule has 0 bridgehead atoms. The monoisotopic (exact) mass is 500 g/mol. The second-order valence-electron chi connectivity index (χ2n) is 7.22. The van der Waals surface area contributed by atoms with E-state index >= 15 is 0 Å². The maximum absolute atomic E-state index is 13.2. The van der Waals surface area contributed by atoms with Crippen molar-refractivity contribution in [3.63, 3.8) is 0 Å². The first-order chi connectivity index (χ1) is 16.3. The number of sulfonamides is 1. The maximum atomic E-state index is 13.2. The molecular formula is C23H21ClN4O5S. The third-order valence-electron chi connectivity index (χ3n) is 5.03. The summed E-state index contributed by atoms with van der Waals surface area (Å²) in [5.74, 6) is 1.18. The van der Waals surface area contributed by atoms with Gasteiger partial charge in [0, 0.05) is 16.6 Å². The number of ether oxygens (including phenoxy) is 3. The molecule has 4 rings (SSSR count). The summed E-state index contributed by atoms with van der Waals surface area (Å²) in [6.07, 6.45) is 2.89. The molecule has 0 atom stereocenters. The fourth-order valence-corrected chi connectivity index (χ4v) is 4.83. The van der Waals surface area contributed by atoms with Gasteiger partial charge < -0.3 is 14.2 Å². The molecule has 1 N–H and O–H groups in total. The van der Waals surface area contributed by atoms with E-state index in [-0.39, 0.29) is 23.1 Å². The second kappa shape index (κ2) is 9.70. The maximum Gasteiger partial charge on any atom is 0.262 e. The molecule has 0 fully saturated rings. The predicted octanol–water partition coefficient (Wildman–Crippen LogP) is 4.38. The minimum Gasteiger partial charge on any atom is -0.493 e. The van der Waals surface area contributed by atoms with E-state index in [4.69, 9.17) is 25.8 Å². The van der Waals surface area contributed by atoms with Crippen LogP contribution in [-0.2, 0) is 16.6 Å². The molecule has 0 spiro atoms. The second-order valence-corrected chi connectivity index (χ2v) is 9.28. The van der Waals surface area contributed by atoms with Crippen LogP contribution in [0.1, 0.15) is 11.1 Å². The fraction of sp³-hybridized carbons (Fsp3) is 0.174. The van der Waals surface area contributed by atoms with Gasteiger partial charge in [0.05, 0.1) is 19.1 Å². The first-order valence-electron chi connectivity index (χ1n) is 10.0. The molecule has 0 aliphatic rings. The van der Waals surface area contributed by atoms with Crippen molar-refractivity contribution in [1.29, 1.82) is 0 Å². The smallest absolute Gasteiger partial charge is 0.262 e. The van der Waals surface area contributed by atoms with Crippen molar-refractivity contribution in [2.45, 2.75) is 18.4 Å².